The summed E-state index contributed by atoms with van der Waals surface area (Å²) in [6.45, 7) is 6.88. The molecule has 2 aromatic rings. The van der Waals surface area contributed by atoms with Crippen molar-refractivity contribution in [2.45, 2.75) is 39.7 Å². The number of carbonyl (C=O) groups excluding carboxylic acids is 1. The third-order valence-corrected chi connectivity index (χ3v) is 3.98. The Balaban J connectivity index is 1.57. The van der Waals surface area contributed by atoms with Crippen LogP contribution in [-0.2, 0) is 6.42 Å². The van der Waals surface area contributed by atoms with Crippen molar-refractivity contribution < 1.29 is 14.1 Å². The van der Waals surface area contributed by atoms with Gasteiger partial charge in [0.25, 0.3) is 0 Å². The molecule has 128 valence electrons. The van der Waals surface area contributed by atoms with E-state index in [2.05, 4.69) is 32.9 Å². The van der Waals surface area contributed by atoms with Gasteiger partial charge in [-0.2, -0.15) is 4.98 Å². The van der Waals surface area contributed by atoms with Crippen molar-refractivity contribution in [1.82, 2.24) is 20.8 Å². The third kappa shape index (κ3) is 3.67. The second-order valence-electron chi connectivity index (χ2n) is 6.08. The summed E-state index contributed by atoms with van der Waals surface area (Å²) in [6, 6.07) is 3.92. The first-order chi connectivity index (χ1) is 11.5. The van der Waals surface area contributed by atoms with E-state index in [0.717, 1.165) is 28.9 Å². The molecule has 0 unspecified atom stereocenters. The molecule has 1 atom stereocenters. The number of carbonyl (C=O) groups is 1. The highest BCUT2D eigenvalue weighted by Gasteiger charge is 2.24. The van der Waals surface area contributed by atoms with Crippen LogP contribution in [0.2, 0.25) is 0 Å². The molecule has 0 fully saturated rings. The number of aryl methyl sites for hydroxylation is 3. The number of hydrogen-bond donors (Lipinski definition) is 2. The number of fused-ring (bicyclic) bond motifs is 1. The van der Waals surface area contributed by atoms with Gasteiger partial charge in [0, 0.05) is 24.9 Å². The number of amides is 2. The molecule has 7 nitrogen and oxygen atoms in total. The fourth-order valence-electron chi connectivity index (χ4n) is 2.96. The first-order valence-electron chi connectivity index (χ1n) is 8.10. The van der Waals surface area contributed by atoms with E-state index >= 15 is 0 Å². The van der Waals surface area contributed by atoms with Gasteiger partial charge in [-0.3, -0.25) is 0 Å². The summed E-state index contributed by atoms with van der Waals surface area (Å²) in [4.78, 5) is 16.3. The van der Waals surface area contributed by atoms with Crippen LogP contribution in [0.1, 0.15) is 40.9 Å². The van der Waals surface area contributed by atoms with Crippen LogP contribution < -0.4 is 15.4 Å². The number of nitrogens with zero attached hydrogens (tertiary/aromatic N) is 2. The molecule has 0 bridgehead atoms. The molecule has 1 aliphatic rings. The Morgan fingerprint density at radius 3 is 2.92 bits per heavy atom. The molecule has 24 heavy (non-hydrogen) atoms. The van der Waals surface area contributed by atoms with E-state index < -0.39 is 0 Å². The standard InChI is InChI=1S/C17H22N4O3/c1-10-8-11(2)16-13(9-10)14(5-7-23-16)20-17(22)18-6-4-15-19-12(3)21-24-15/h8-9,14H,4-7H2,1-3H3,(H2,18,20,22)/t14-/m1/s1. The molecule has 0 radical (unpaired) electrons. The molecule has 3 rings (SSSR count). The highest BCUT2D eigenvalue weighted by molar-refractivity contribution is 5.74. The quantitative estimate of drug-likeness (QED) is 0.898. The zero-order valence-corrected chi connectivity index (χ0v) is 14.2. The minimum atomic E-state index is -0.205. The molecule has 1 aromatic carbocycles. The van der Waals surface area contributed by atoms with Gasteiger partial charge in [0.05, 0.1) is 12.6 Å². The Morgan fingerprint density at radius 2 is 2.17 bits per heavy atom. The smallest absolute Gasteiger partial charge is 0.315 e. The van der Waals surface area contributed by atoms with Crippen LogP contribution in [0.5, 0.6) is 5.75 Å². The van der Waals surface area contributed by atoms with Gasteiger partial charge in [-0.25, -0.2) is 4.79 Å². The summed E-state index contributed by atoms with van der Waals surface area (Å²) < 4.78 is 10.8. The van der Waals surface area contributed by atoms with Gasteiger partial charge in [-0.1, -0.05) is 22.9 Å². The van der Waals surface area contributed by atoms with Gasteiger partial charge in [0.15, 0.2) is 5.82 Å². The Kier molecular flexibility index (Phi) is 4.69. The van der Waals surface area contributed by atoms with Crippen LogP contribution in [-0.4, -0.2) is 29.3 Å². The third-order valence-electron chi connectivity index (χ3n) is 3.98. The van der Waals surface area contributed by atoms with Gasteiger partial charge >= 0.3 is 6.03 Å². The number of rotatable bonds is 4. The minimum Gasteiger partial charge on any atom is -0.493 e. The van der Waals surface area contributed by atoms with E-state index in [1.807, 2.05) is 13.8 Å². The Bertz CT molecular complexity index is 741. The van der Waals surface area contributed by atoms with Crippen LogP contribution >= 0.6 is 0 Å². The highest BCUT2D eigenvalue weighted by Crippen LogP contribution is 2.35. The lowest BCUT2D eigenvalue weighted by Crippen LogP contribution is -2.40. The van der Waals surface area contributed by atoms with E-state index in [9.17, 15) is 4.79 Å². The average molecular weight is 330 g/mol. The van der Waals surface area contributed by atoms with Crippen LogP contribution in [0.25, 0.3) is 0 Å². The van der Waals surface area contributed by atoms with Crippen molar-refractivity contribution in [2.24, 2.45) is 0 Å². The molecular weight excluding hydrogens is 308 g/mol. The fraction of sp³-hybridized carbons (Fsp3) is 0.471. The lowest BCUT2D eigenvalue weighted by Gasteiger charge is -2.28. The molecule has 1 aromatic heterocycles. The topological polar surface area (TPSA) is 89.3 Å². The normalized spacial score (nSPS) is 16.2. The maximum absolute atomic E-state index is 12.2. The SMILES string of the molecule is Cc1cc(C)c2c(c1)[C@H](NC(=O)NCCc1nc(C)no1)CCO2. The van der Waals surface area contributed by atoms with Gasteiger partial charge in [0.2, 0.25) is 5.89 Å². The molecule has 7 heteroatoms. The van der Waals surface area contributed by atoms with Crippen LogP contribution in [0.4, 0.5) is 4.79 Å². The summed E-state index contributed by atoms with van der Waals surface area (Å²) in [5.41, 5.74) is 3.31. The zero-order chi connectivity index (χ0) is 17.1. The first kappa shape index (κ1) is 16.3. The molecule has 0 saturated heterocycles. The summed E-state index contributed by atoms with van der Waals surface area (Å²) in [5.74, 6) is 2.01. The molecule has 0 saturated carbocycles. The van der Waals surface area contributed by atoms with Gasteiger partial charge in [-0.15, -0.1) is 0 Å². The summed E-state index contributed by atoms with van der Waals surface area (Å²) in [5, 5.41) is 9.57. The highest BCUT2D eigenvalue weighted by atomic mass is 16.5. The summed E-state index contributed by atoms with van der Waals surface area (Å²) in [7, 11) is 0. The van der Waals surface area contributed by atoms with E-state index in [-0.39, 0.29) is 12.1 Å². The first-order valence-corrected chi connectivity index (χ1v) is 8.10. The number of benzene rings is 1. The summed E-state index contributed by atoms with van der Waals surface area (Å²) in [6.07, 6.45) is 1.27. The predicted molar refractivity (Wildman–Crippen MR) is 88.0 cm³/mol. The van der Waals surface area contributed by atoms with Crippen LogP contribution in [0.3, 0.4) is 0 Å². The summed E-state index contributed by atoms with van der Waals surface area (Å²) >= 11 is 0. The molecule has 2 amide bonds. The zero-order valence-electron chi connectivity index (χ0n) is 14.2. The van der Waals surface area contributed by atoms with Crippen molar-refractivity contribution in [3.05, 3.63) is 40.5 Å². The largest absolute Gasteiger partial charge is 0.493 e. The van der Waals surface area contributed by atoms with Crippen molar-refractivity contribution in [3.8, 4) is 5.75 Å². The van der Waals surface area contributed by atoms with Crippen LogP contribution in [0, 0.1) is 20.8 Å². The van der Waals surface area contributed by atoms with E-state index in [4.69, 9.17) is 9.26 Å². The fourth-order valence-corrected chi connectivity index (χ4v) is 2.96. The second kappa shape index (κ2) is 6.90. The van der Waals surface area contributed by atoms with E-state index in [0.29, 0.717) is 31.3 Å². The van der Waals surface area contributed by atoms with E-state index in [1.165, 1.54) is 0 Å². The number of hydrogen-bond acceptors (Lipinski definition) is 5. The van der Waals surface area contributed by atoms with Crippen molar-refractivity contribution >= 4 is 6.03 Å². The predicted octanol–water partition coefficient (Wildman–Crippen LogP) is 2.36. The molecule has 0 aliphatic carbocycles. The van der Waals surface area contributed by atoms with Gasteiger partial charge < -0.3 is 19.9 Å². The lowest BCUT2D eigenvalue weighted by molar-refractivity contribution is 0.222. The number of ether oxygens (including phenoxy) is 1. The Hall–Kier alpha value is -2.57. The number of urea groups is 1. The van der Waals surface area contributed by atoms with Gasteiger partial charge in [0.1, 0.15) is 5.75 Å². The maximum atomic E-state index is 12.2. The Morgan fingerprint density at radius 1 is 1.33 bits per heavy atom. The van der Waals surface area contributed by atoms with Crippen molar-refractivity contribution in [1.29, 1.82) is 0 Å². The molecule has 1 aliphatic heterocycles. The molecular formula is C17H22N4O3. The van der Waals surface area contributed by atoms with Crippen molar-refractivity contribution in [2.75, 3.05) is 13.2 Å². The Labute approximate surface area is 140 Å². The average Bonchev–Trinajstić information content (AvgIpc) is 2.93. The molecule has 0 spiro atoms. The minimum absolute atomic E-state index is 0.0435. The second-order valence-corrected chi connectivity index (χ2v) is 6.08. The lowest BCUT2D eigenvalue weighted by atomic mass is 9.96. The maximum Gasteiger partial charge on any atom is 0.315 e. The molecule has 2 heterocycles. The van der Waals surface area contributed by atoms with Crippen LogP contribution in [0.15, 0.2) is 16.7 Å². The molecule has 2 N–H and O–H groups in total. The van der Waals surface area contributed by atoms with E-state index in [1.54, 1.807) is 6.92 Å². The monoisotopic (exact) mass is 330 g/mol. The van der Waals surface area contributed by atoms with Gasteiger partial charge in [-0.05, 0) is 26.3 Å². The number of nitrogens with one attached hydrogen (secondary N) is 2. The number of aromatic nitrogens is 2. The van der Waals surface area contributed by atoms with Crippen molar-refractivity contribution in [3.63, 3.8) is 0 Å².